The Kier molecular flexibility index (Phi) is 5.33. The Morgan fingerprint density at radius 2 is 2.00 bits per heavy atom. The third-order valence-electron chi connectivity index (χ3n) is 2.70. The van der Waals surface area contributed by atoms with Crippen LogP contribution in [0.1, 0.15) is 18.6 Å². The average molecular weight is 353 g/mol. The van der Waals surface area contributed by atoms with E-state index in [9.17, 15) is 9.18 Å². The quantitative estimate of drug-likeness (QED) is 0.753. The molecule has 0 amide bonds. The van der Waals surface area contributed by atoms with Crippen molar-refractivity contribution in [2.45, 2.75) is 13.0 Å². The molecule has 1 atom stereocenters. The van der Waals surface area contributed by atoms with Crippen LogP contribution >= 0.6 is 15.9 Å². The molecule has 0 aromatic heterocycles. The van der Waals surface area contributed by atoms with Gasteiger partial charge < -0.3 is 9.47 Å². The molecule has 2 rings (SSSR count). The van der Waals surface area contributed by atoms with Crippen LogP contribution in [-0.2, 0) is 9.53 Å². The SMILES string of the molecule is CCOC(=O)C(Oc1cccc(F)c1)c1cccc(Br)c1. The van der Waals surface area contributed by atoms with Crippen molar-refractivity contribution >= 4 is 21.9 Å². The first kappa shape index (κ1) is 15.5. The monoisotopic (exact) mass is 352 g/mol. The van der Waals surface area contributed by atoms with Gasteiger partial charge in [-0.25, -0.2) is 9.18 Å². The highest BCUT2D eigenvalue weighted by Gasteiger charge is 2.24. The number of hydrogen-bond acceptors (Lipinski definition) is 3. The normalized spacial score (nSPS) is 11.8. The number of ether oxygens (including phenoxy) is 2. The van der Waals surface area contributed by atoms with Gasteiger partial charge in [0.05, 0.1) is 6.61 Å². The van der Waals surface area contributed by atoms with Gasteiger partial charge in [-0.05, 0) is 31.2 Å². The van der Waals surface area contributed by atoms with Crippen molar-refractivity contribution < 1.29 is 18.7 Å². The van der Waals surface area contributed by atoms with Gasteiger partial charge in [-0.2, -0.15) is 0 Å². The topological polar surface area (TPSA) is 35.5 Å². The molecule has 3 nitrogen and oxygen atoms in total. The number of benzene rings is 2. The van der Waals surface area contributed by atoms with Crippen molar-refractivity contribution in [3.63, 3.8) is 0 Å². The van der Waals surface area contributed by atoms with Crippen molar-refractivity contribution in [2.24, 2.45) is 0 Å². The maximum absolute atomic E-state index is 13.2. The summed E-state index contributed by atoms with van der Waals surface area (Å²) in [7, 11) is 0. The Balaban J connectivity index is 2.30. The van der Waals surface area contributed by atoms with E-state index in [0.29, 0.717) is 5.56 Å². The van der Waals surface area contributed by atoms with E-state index in [1.54, 1.807) is 31.2 Å². The van der Waals surface area contributed by atoms with E-state index >= 15 is 0 Å². The van der Waals surface area contributed by atoms with E-state index < -0.39 is 17.9 Å². The lowest BCUT2D eigenvalue weighted by molar-refractivity contribution is -0.151. The summed E-state index contributed by atoms with van der Waals surface area (Å²) < 4.78 is 24.7. The van der Waals surface area contributed by atoms with Crippen molar-refractivity contribution in [1.82, 2.24) is 0 Å². The molecule has 0 heterocycles. The molecule has 0 N–H and O–H groups in total. The molecule has 5 heteroatoms. The Labute approximate surface area is 130 Å². The molecule has 0 aliphatic carbocycles. The van der Waals surface area contributed by atoms with Gasteiger partial charge in [-0.1, -0.05) is 34.1 Å². The van der Waals surface area contributed by atoms with E-state index in [2.05, 4.69) is 15.9 Å². The highest BCUT2D eigenvalue weighted by Crippen LogP contribution is 2.26. The molecule has 0 fully saturated rings. The zero-order chi connectivity index (χ0) is 15.2. The molecule has 0 saturated heterocycles. The first-order valence-corrected chi connectivity index (χ1v) is 7.23. The van der Waals surface area contributed by atoms with Gasteiger partial charge in [-0.15, -0.1) is 0 Å². The lowest BCUT2D eigenvalue weighted by Crippen LogP contribution is -2.21. The van der Waals surface area contributed by atoms with Crippen LogP contribution in [0.3, 0.4) is 0 Å². The van der Waals surface area contributed by atoms with Gasteiger partial charge in [0.1, 0.15) is 11.6 Å². The first-order valence-electron chi connectivity index (χ1n) is 6.44. The molecular formula is C16H14BrFO3. The minimum atomic E-state index is -0.941. The minimum Gasteiger partial charge on any atom is -0.474 e. The number of halogens is 2. The van der Waals surface area contributed by atoms with Gasteiger partial charge in [0.2, 0.25) is 6.10 Å². The van der Waals surface area contributed by atoms with E-state index in [0.717, 1.165) is 4.47 Å². The summed E-state index contributed by atoms with van der Waals surface area (Å²) in [5.74, 6) is -0.669. The van der Waals surface area contributed by atoms with Crippen LogP contribution in [0.25, 0.3) is 0 Å². The molecule has 2 aromatic carbocycles. The number of hydrogen-bond donors (Lipinski definition) is 0. The summed E-state index contributed by atoms with van der Waals surface area (Å²) in [5.41, 5.74) is 0.632. The second-order valence-corrected chi connectivity index (χ2v) is 5.18. The Morgan fingerprint density at radius 3 is 2.67 bits per heavy atom. The smallest absolute Gasteiger partial charge is 0.352 e. The third-order valence-corrected chi connectivity index (χ3v) is 3.20. The van der Waals surface area contributed by atoms with Crippen LogP contribution in [0.5, 0.6) is 5.75 Å². The molecule has 0 radical (unpaired) electrons. The zero-order valence-electron chi connectivity index (χ0n) is 11.4. The predicted octanol–water partition coefficient (Wildman–Crippen LogP) is 4.27. The molecule has 2 aromatic rings. The van der Waals surface area contributed by atoms with E-state index in [1.165, 1.54) is 18.2 Å². The van der Waals surface area contributed by atoms with Crippen LogP contribution in [0.4, 0.5) is 4.39 Å². The lowest BCUT2D eigenvalue weighted by atomic mass is 10.1. The number of carbonyl (C=O) groups excluding carboxylic acids is 1. The standard InChI is InChI=1S/C16H14BrFO3/c1-2-20-16(19)15(11-5-3-6-12(17)9-11)21-14-8-4-7-13(18)10-14/h3-10,15H,2H2,1H3. The second kappa shape index (κ2) is 7.22. The van der Waals surface area contributed by atoms with Crippen LogP contribution in [-0.4, -0.2) is 12.6 Å². The molecule has 110 valence electrons. The third kappa shape index (κ3) is 4.29. The van der Waals surface area contributed by atoms with E-state index in [1.807, 2.05) is 6.07 Å². The van der Waals surface area contributed by atoms with Crippen molar-refractivity contribution in [1.29, 1.82) is 0 Å². The number of rotatable bonds is 5. The van der Waals surface area contributed by atoms with Crippen molar-refractivity contribution in [3.8, 4) is 5.75 Å². The van der Waals surface area contributed by atoms with Crippen LogP contribution in [0.2, 0.25) is 0 Å². The molecule has 0 spiro atoms. The van der Waals surface area contributed by atoms with Crippen LogP contribution < -0.4 is 4.74 Å². The molecule has 0 aliphatic rings. The summed E-state index contributed by atoms with van der Waals surface area (Å²) in [4.78, 5) is 12.1. The summed E-state index contributed by atoms with van der Waals surface area (Å²) in [6.45, 7) is 1.97. The fraction of sp³-hybridized carbons (Fsp3) is 0.188. The van der Waals surface area contributed by atoms with Gasteiger partial charge >= 0.3 is 5.97 Å². The zero-order valence-corrected chi connectivity index (χ0v) is 13.0. The van der Waals surface area contributed by atoms with E-state index in [-0.39, 0.29) is 12.4 Å². The summed E-state index contributed by atoms with van der Waals surface area (Å²) in [5, 5.41) is 0. The largest absolute Gasteiger partial charge is 0.474 e. The average Bonchev–Trinajstić information content (AvgIpc) is 2.45. The second-order valence-electron chi connectivity index (χ2n) is 4.26. The van der Waals surface area contributed by atoms with E-state index in [4.69, 9.17) is 9.47 Å². The van der Waals surface area contributed by atoms with Crippen molar-refractivity contribution in [2.75, 3.05) is 6.61 Å². The number of carbonyl (C=O) groups is 1. The molecule has 0 aliphatic heterocycles. The molecule has 1 unspecified atom stereocenters. The first-order chi connectivity index (χ1) is 10.1. The minimum absolute atomic E-state index is 0.246. The fourth-order valence-electron chi connectivity index (χ4n) is 1.82. The summed E-state index contributed by atoms with van der Waals surface area (Å²) in [6.07, 6.45) is -0.941. The Bertz CT molecular complexity index is 630. The van der Waals surface area contributed by atoms with Gasteiger partial charge in [0.25, 0.3) is 0 Å². The van der Waals surface area contributed by atoms with Gasteiger partial charge in [0.15, 0.2) is 0 Å². The predicted molar refractivity (Wildman–Crippen MR) is 80.5 cm³/mol. The molecule has 21 heavy (non-hydrogen) atoms. The molecule has 0 saturated carbocycles. The Morgan fingerprint density at radius 1 is 1.24 bits per heavy atom. The summed E-state index contributed by atoms with van der Waals surface area (Å²) in [6, 6.07) is 12.8. The van der Waals surface area contributed by atoms with Crippen molar-refractivity contribution in [3.05, 3.63) is 64.4 Å². The highest BCUT2D eigenvalue weighted by atomic mass is 79.9. The lowest BCUT2D eigenvalue weighted by Gasteiger charge is -2.18. The molecular weight excluding hydrogens is 339 g/mol. The van der Waals surface area contributed by atoms with Crippen LogP contribution in [0, 0.1) is 5.82 Å². The maximum Gasteiger partial charge on any atom is 0.352 e. The number of esters is 1. The highest BCUT2D eigenvalue weighted by molar-refractivity contribution is 9.10. The van der Waals surface area contributed by atoms with Crippen LogP contribution in [0.15, 0.2) is 53.0 Å². The summed E-state index contributed by atoms with van der Waals surface area (Å²) >= 11 is 3.35. The Hall–Kier alpha value is -1.88. The van der Waals surface area contributed by atoms with Gasteiger partial charge in [0, 0.05) is 16.1 Å². The molecule has 0 bridgehead atoms. The fourth-order valence-corrected chi connectivity index (χ4v) is 2.23. The maximum atomic E-state index is 13.2. The van der Waals surface area contributed by atoms with Gasteiger partial charge in [-0.3, -0.25) is 0 Å².